The number of hydrogen-bond acceptors (Lipinski definition) is 9. The first-order valence-corrected chi connectivity index (χ1v) is 14.6. The summed E-state index contributed by atoms with van der Waals surface area (Å²) in [7, 11) is 0. The van der Waals surface area contributed by atoms with Gasteiger partial charge in [-0.2, -0.15) is 23.3 Å². The maximum atomic E-state index is 13.5. The maximum absolute atomic E-state index is 13.5. The summed E-state index contributed by atoms with van der Waals surface area (Å²) in [5, 5.41) is 8.78. The molecule has 6 rings (SSSR count). The fourth-order valence-electron chi connectivity index (χ4n) is 5.95. The summed E-state index contributed by atoms with van der Waals surface area (Å²) in [6.45, 7) is 8.01. The normalized spacial score (nSPS) is 21.2. The van der Waals surface area contributed by atoms with E-state index in [9.17, 15) is 13.2 Å². The number of aromatic amines is 1. The number of aromatic nitrogens is 7. The monoisotopic (exact) mass is 598 g/mol. The number of alkyl halides is 3. The highest BCUT2D eigenvalue weighted by molar-refractivity contribution is 5.90. The van der Waals surface area contributed by atoms with Crippen LogP contribution in [0, 0.1) is 0 Å². The van der Waals surface area contributed by atoms with E-state index >= 15 is 0 Å². The summed E-state index contributed by atoms with van der Waals surface area (Å²) < 4.78 is 48.5. The quantitative estimate of drug-likeness (QED) is 0.276. The first-order valence-electron chi connectivity index (χ1n) is 14.6. The van der Waals surface area contributed by atoms with Gasteiger partial charge < -0.3 is 20.8 Å². The fraction of sp³-hybridized carbons (Fsp3) is 0.552. The molecule has 5 heterocycles. The van der Waals surface area contributed by atoms with E-state index in [1.807, 2.05) is 50.1 Å². The van der Waals surface area contributed by atoms with Gasteiger partial charge in [-0.3, -0.25) is 9.58 Å². The Morgan fingerprint density at radius 2 is 1.88 bits per heavy atom. The number of rotatable bonds is 8. The molecule has 1 saturated carbocycles. The molecule has 1 aliphatic heterocycles. The van der Waals surface area contributed by atoms with Gasteiger partial charge in [0.25, 0.3) is 0 Å². The second-order valence-corrected chi connectivity index (χ2v) is 12.6. The summed E-state index contributed by atoms with van der Waals surface area (Å²) in [4.78, 5) is 21.7. The molecular formula is C29H37F3N10O. The number of nitrogens with two attached hydrogens (primary N) is 1. The van der Waals surface area contributed by atoms with Crippen molar-refractivity contribution in [2.45, 2.75) is 82.4 Å². The Labute approximate surface area is 247 Å². The van der Waals surface area contributed by atoms with Gasteiger partial charge >= 0.3 is 6.18 Å². The van der Waals surface area contributed by atoms with Crippen molar-refractivity contribution in [3.05, 3.63) is 48.6 Å². The molecule has 0 radical (unpaired) electrons. The molecule has 0 atom stereocenters. The first kappa shape index (κ1) is 29.5. The van der Waals surface area contributed by atoms with Crippen molar-refractivity contribution >= 4 is 11.0 Å². The molecule has 4 N–H and O–H groups in total. The van der Waals surface area contributed by atoms with Crippen LogP contribution in [0.3, 0.4) is 0 Å². The third kappa shape index (κ3) is 6.22. The standard InChI is InChI=1S/C29H37F3N10O/c1-27(2,3)37-12-19-10-23(40-26(39-19)29(30,31)32)43-21-6-4-20(5-7-21)41-15-28(14-33,16-41)42-13-18(11-38-42)24-22-8-9-34-25(22)36-17-35-24/h8-11,13,17,20-21,37H,4-7,12,14-16,33H2,1-3H3,(H,34,35,36). The Hall–Kier alpha value is -3.62. The van der Waals surface area contributed by atoms with Gasteiger partial charge in [-0.15, -0.1) is 0 Å². The molecule has 2 fully saturated rings. The number of fused-ring (bicyclic) bond motifs is 1. The Kier molecular flexibility index (Phi) is 7.63. The van der Waals surface area contributed by atoms with Gasteiger partial charge in [0.2, 0.25) is 11.7 Å². The van der Waals surface area contributed by atoms with E-state index in [-0.39, 0.29) is 35.3 Å². The van der Waals surface area contributed by atoms with Crippen LogP contribution >= 0.6 is 0 Å². The third-order valence-corrected chi connectivity index (χ3v) is 8.33. The Bertz CT molecular complexity index is 1560. The Morgan fingerprint density at radius 1 is 1.12 bits per heavy atom. The number of nitrogens with zero attached hydrogens (tertiary/aromatic N) is 7. The molecule has 230 valence electrons. The fourth-order valence-corrected chi connectivity index (χ4v) is 5.95. The van der Waals surface area contributed by atoms with E-state index in [1.54, 1.807) is 6.33 Å². The number of likely N-dealkylation sites (tertiary alicyclic amines) is 1. The average Bonchev–Trinajstić information content (AvgIpc) is 3.62. The molecule has 4 aromatic heterocycles. The van der Waals surface area contributed by atoms with Crippen LogP contribution < -0.4 is 15.8 Å². The van der Waals surface area contributed by atoms with Gasteiger partial charge in [0.1, 0.15) is 23.6 Å². The van der Waals surface area contributed by atoms with Gasteiger partial charge in [-0.1, -0.05) is 0 Å². The third-order valence-electron chi connectivity index (χ3n) is 8.33. The molecule has 0 unspecified atom stereocenters. The van der Waals surface area contributed by atoms with E-state index in [4.69, 9.17) is 10.5 Å². The Morgan fingerprint density at radius 3 is 2.58 bits per heavy atom. The summed E-state index contributed by atoms with van der Waals surface area (Å²) in [5.74, 6) is -1.21. The summed E-state index contributed by atoms with van der Waals surface area (Å²) >= 11 is 0. The number of nitrogens with one attached hydrogen (secondary N) is 2. The zero-order valence-electron chi connectivity index (χ0n) is 24.5. The maximum Gasteiger partial charge on any atom is 0.451 e. The van der Waals surface area contributed by atoms with Crippen LogP contribution in [-0.4, -0.2) is 76.9 Å². The van der Waals surface area contributed by atoms with Gasteiger partial charge in [-0.05, 0) is 52.5 Å². The smallest absolute Gasteiger partial charge is 0.451 e. The molecule has 11 nitrogen and oxygen atoms in total. The zero-order valence-corrected chi connectivity index (χ0v) is 24.5. The highest BCUT2D eigenvalue weighted by atomic mass is 19.4. The number of halogens is 3. The lowest BCUT2D eigenvalue weighted by Crippen LogP contribution is -2.68. The molecule has 1 saturated heterocycles. The van der Waals surface area contributed by atoms with E-state index in [0.717, 1.165) is 61.1 Å². The van der Waals surface area contributed by atoms with Crippen molar-refractivity contribution in [1.29, 1.82) is 0 Å². The summed E-state index contributed by atoms with van der Waals surface area (Å²) in [6, 6.07) is 3.81. The highest BCUT2D eigenvalue weighted by Gasteiger charge is 2.47. The SMILES string of the molecule is CC(C)(C)NCc1cc(OC2CCC(N3CC(CN)(n4cc(-c5ncnc6[nH]ccc56)cn4)C3)CC2)nc(C(F)(F)F)n1. The lowest BCUT2D eigenvalue weighted by Gasteiger charge is -2.53. The van der Waals surface area contributed by atoms with Gasteiger partial charge in [0.05, 0.1) is 17.6 Å². The van der Waals surface area contributed by atoms with Crippen molar-refractivity contribution < 1.29 is 17.9 Å². The molecule has 0 amide bonds. The predicted molar refractivity (Wildman–Crippen MR) is 154 cm³/mol. The molecule has 2 aliphatic rings. The summed E-state index contributed by atoms with van der Waals surface area (Å²) in [6.07, 6.45) is 5.55. The minimum absolute atomic E-state index is 0.0299. The van der Waals surface area contributed by atoms with Crippen LogP contribution in [0.4, 0.5) is 13.2 Å². The highest BCUT2D eigenvalue weighted by Crippen LogP contribution is 2.37. The largest absolute Gasteiger partial charge is 0.474 e. The molecule has 0 bridgehead atoms. The van der Waals surface area contributed by atoms with E-state index < -0.39 is 12.0 Å². The summed E-state index contributed by atoms with van der Waals surface area (Å²) in [5.41, 5.74) is 8.47. The Balaban J connectivity index is 1.07. The molecule has 14 heteroatoms. The number of ether oxygens (including phenoxy) is 1. The van der Waals surface area contributed by atoms with Gasteiger partial charge in [0.15, 0.2) is 0 Å². The van der Waals surface area contributed by atoms with E-state index in [1.165, 1.54) is 6.07 Å². The topological polar surface area (TPSA) is 136 Å². The van der Waals surface area contributed by atoms with Crippen LogP contribution in [0.25, 0.3) is 22.3 Å². The number of H-pyrrole nitrogens is 1. The van der Waals surface area contributed by atoms with E-state index in [0.29, 0.717) is 12.6 Å². The number of hydrogen-bond donors (Lipinski definition) is 3. The molecule has 0 spiro atoms. The average molecular weight is 599 g/mol. The van der Waals surface area contributed by atoms with Crippen LogP contribution in [0.15, 0.2) is 37.1 Å². The molecule has 4 aromatic rings. The first-order chi connectivity index (χ1) is 20.4. The molecule has 0 aromatic carbocycles. The van der Waals surface area contributed by atoms with Crippen LogP contribution in [0.1, 0.15) is 58.0 Å². The van der Waals surface area contributed by atoms with Crippen LogP contribution in [0.2, 0.25) is 0 Å². The second-order valence-electron chi connectivity index (χ2n) is 12.6. The van der Waals surface area contributed by atoms with Gasteiger partial charge in [-0.25, -0.2) is 15.0 Å². The second kappa shape index (κ2) is 11.1. The molecular weight excluding hydrogens is 561 g/mol. The lowest BCUT2D eigenvalue weighted by molar-refractivity contribution is -0.145. The zero-order chi connectivity index (χ0) is 30.4. The van der Waals surface area contributed by atoms with Crippen molar-refractivity contribution in [2.24, 2.45) is 5.73 Å². The van der Waals surface area contributed by atoms with E-state index in [2.05, 4.69) is 40.2 Å². The predicted octanol–water partition coefficient (Wildman–Crippen LogP) is 3.88. The van der Waals surface area contributed by atoms with Crippen molar-refractivity contribution in [2.75, 3.05) is 19.6 Å². The minimum atomic E-state index is -4.65. The minimum Gasteiger partial charge on any atom is -0.474 e. The van der Waals surface area contributed by atoms with Crippen molar-refractivity contribution in [3.63, 3.8) is 0 Å². The molecule has 1 aliphatic carbocycles. The molecule has 43 heavy (non-hydrogen) atoms. The van der Waals surface area contributed by atoms with Crippen LogP contribution in [-0.2, 0) is 18.3 Å². The van der Waals surface area contributed by atoms with Gasteiger partial charge in [0, 0.05) is 67.2 Å². The van der Waals surface area contributed by atoms with Crippen molar-refractivity contribution in [3.8, 4) is 17.1 Å². The van der Waals surface area contributed by atoms with Crippen LogP contribution in [0.5, 0.6) is 5.88 Å². The van der Waals surface area contributed by atoms with Crippen molar-refractivity contribution in [1.82, 2.24) is 44.9 Å². The lowest BCUT2D eigenvalue weighted by atomic mass is 9.83.